The molecule has 0 aliphatic heterocycles. The van der Waals surface area contributed by atoms with Crippen LogP contribution in [0.4, 0.5) is 0 Å². The summed E-state index contributed by atoms with van der Waals surface area (Å²) in [6.45, 7) is 0. The summed E-state index contributed by atoms with van der Waals surface area (Å²) >= 11 is 0. The van der Waals surface area contributed by atoms with Crippen molar-refractivity contribution in [1.29, 1.82) is 0 Å². The monoisotopic (exact) mass is 150 g/mol. The molecule has 0 aliphatic carbocycles. The highest BCUT2D eigenvalue weighted by Crippen LogP contribution is 2.16. The third-order valence-electron chi connectivity index (χ3n) is 1.40. The lowest BCUT2D eigenvalue weighted by molar-refractivity contribution is 0.402. The van der Waals surface area contributed by atoms with Crippen molar-refractivity contribution in [3.63, 3.8) is 0 Å². The number of nitrogens with one attached hydrogen (secondary N) is 1. The maximum Gasteiger partial charge on any atom is 0.227 e. The Balaban J connectivity index is 2.79. The molecule has 2 rings (SSSR count). The Morgan fingerprint density at radius 2 is 2.36 bits per heavy atom. The van der Waals surface area contributed by atoms with Gasteiger partial charge in [-0.25, -0.2) is 9.97 Å². The molecule has 0 atom stereocenters. The van der Waals surface area contributed by atoms with Crippen molar-refractivity contribution in [2.45, 2.75) is 0 Å². The number of methoxy groups -OCH3 is 1. The Labute approximate surface area is 62.4 Å². The van der Waals surface area contributed by atoms with Crippen LogP contribution in [-0.2, 0) is 0 Å². The second kappa shape index (κ2) is 2.19. The fraction of sp³-hybridized carbons (Fsp3) is 0.167. The average molecular weight is 150 g/mol. The van der Waals surface area contributed by atoms with Gasteiger partial charge in [-0.15, -0.1) is 0 Å². The molecule has 0 saturated carbocycles. The molecule has 0 spiro atoms. The van der Waals surface area contributed by atoms with Crippen molar-refractivity contribution in [2.75, 3.05) is 7.11 Å². The van der Waals surface area contributed by atoms with Crippen molar-refractivity contribution in [3.05, 3.63) is 12.5 Å². The van der Waals surface area contributed by atoms with Gasteiger partial charge in [0.05, 0.1) is 13.3 Å². The lowest BCUT2D eigenvalue weighted by atomic mass is 10.4. The minimum atomic E-state index is 0.545. The van der Waals surface area contributed by atoms with E-state index in [0.29, 0.717) is 11.5 Å². The van der Waals surface area contributed by atoms with Gasteiger partial charge in [0, 0.05) is 0 Å². The van der Waals surface area contributed by atoms with Gasteiger partial charge in [-0.05, 0) is 0 Å². The highest BCUT2D eigenvalue weighted by atomic mass is 16.5. The van der Waals surface area contributed by atoms with Crippen molar-refractivity contribution in [2.24, 2.45) is 0 Å². The standard InChI is InChI=1S/C6H6N4O/c1-11-6-4-2-9-10-5(4)7-3-8-6/h2-3H,1H3,(H,7,8,9,10). The number of fused-ring (bicyclic) bond motifs is 1. The Morgan fingerprint density at radius 3 is 3.18 bits per heavy atom. The largest absolute Gasteiger partial charge is 0.480 e. The van der Waals surface area contributed by atoms with Crippen LogP contribution in [0.3, 0.4) is 0 Å². The first kappa shape index (κ1) is 6.09. The van der Waals surface area contributed by atoms with Crippen LogP contribution in [-0.4, -0.2) is 27.3 Å². The van der Waals surface area contributed by atoms with Gasteiger partial charge in [-0.2, -0.15) is 5.10 Å². The van der Waals surface area contributed by atoms with E-state index in [0.717, 1.165) is 5.39 Å². The summed E-state index contributed by atoms with van der Waals surface area (Å²) in [5, 5.41) is 7.32. The maximum atomic E-state index is 4.97. The molecule has 2 aromatic heterocycles. The number of rotatable bonds is 1. The van der Waals surface area contributed by atoms with Crippen molar-refractivity contribution in [3.8, 4) is 5.88 Å². The topological polar surface area (TPSA) is 63.7 Å². The number of hydrogen-bond acceptors (Lipinski definition) is 4. The zero-order valence-corrected chi connectivity index (χ0v) is 5.90. The van der Waals surface area contributed by atoms with E-state index >= 15 is 0 Å². The van der Waals surface area contributed by atoms with E-state index in [-0.39, 0.29) is 0 Å². The molecule has 0 aliphatic rings. The number of aromatic amines is 1. The Kier molecular flexibility index (Phi) is 1.21. The summed E-state index contributed by atoms with van der Waals surface area (Å²) in [7, 11) is 1.56. The zero-order valence-electron chi connectivity index (χ0n) is 5.90. The molecule has 0 radical (unpaired) electrons. The molecular formula is C6H6N4O. The van der Waals surface area contributed by atoms with Crippen LogP contribution in [0.15, 0.2) is 12.5 Å². The van der Waals surface area contributed by atoms with E-state index in [1.54, 1.807) is 13.3 Å². The summed E-state index contributed by atoms with van der Waals surface area (Å²) in [5.41, 5.74) is 0.692. The lowest BCUT2D eigenvalue weighted by Gasteiger charge is -1.96. The van der Waals surface area contributed by atoms with Crippen molar-refractivity contribution < 1.29 is 4.74 Å². The second-order valence-electron chi connectivity index (χ2n) is 2.02. The molecule has 0 unspecified atom stereocenters. The highest BCUT2D eigenvalue weighted by Gasteiger charge is 2.03. The van der Waals surface area contributed by atoms with Crippen LogP contribution < -0.4 is 4.74 Å². The van der Waals surface area contributed by atoms with Crippen LogP contribution in [0, 0.1) is 0 Å². The maximum absolute atomic E-state index is 4.97. The average Bonchev–Trinajstić information content (AvgIpc) is 2.50. The smallest absolute Gasteiger partial charge is 0.227 e. The fourth-order valence-corrected chi connectivity index (χ4v) is 0.905. The normalized spacial score (nSPS) is 10.3. The van der Waals surface area contributed by atoms with Gasteiger partial charge in [0.1, 0.15) is 11.7 Å². The van der Waals surface area contributed by atoms with Gasteiger partial charge < -0.3 is 4.74 Å². The molecule has 0 bridgehead atoms. The Hall–Kier alpha value is -1.65. The van der Waals surface area contributed by atoms with Crippen molar-refractivity contribution in [1.82, 2.24) is 20.2 Å². The third kappa shape index (κ3) is 0.813. The molecule has 1 N–H and O–H groups in total. The van der Waals surface area contributed by atoms with Gasteiger partial charge in [0.25, 0.3) is 0 Å². The van der Waals surface area contributed by atoms with Crippen molar-refractivity contribution >= 4 is 11.0 Å². The van der Waals surface area contributed by atoms with Gasteiger partial charge in [0.15, 0.2) is 5.65 Å². The van der Waals surface area contributed by atoms with E-state index in [2.05, 4.69) is 20.2 Å². The highest BCUT2D eigenvalue weighted by molar-refractivity contribution is 5.78. The van der Waals surface area contributed by atoms with E-state index in [1.165, 1.54) is 6.33 Å². The predicted molar refractivity (Wildman–Crippen MR) is 38.2 cm³/mol. The van der Waals surface area contributed by atoms with Gasteiger partial charge >= 0.3 is 0 Å². The van der Waals surface area contributed by atoms with E-state index in [9.17, 15) is 0 Å². The molecule has 0 aromatic carbocycles. The molecule has 2 aromatic rings. The Morgan fingerprint density at radius 1 is 1.45 bits per heavy atom. The molecule has 11 heavy (non-hydrogen) atoms. The summed E-state index contributed by atoms with van der Waals surface area (Å²) in [5.74, 6) is 0.545. The third-order valence-corrected chi connectivity index (χ3v) is 1.40. The molecular weight excluding hydrogens is 144 g/mol. The predicted octanol–water partition coefficient (Wildman–Crippen LogP) is 0.361. The number of aromatic nitrogens is 4. The first-order valence-electron chi connectivity index (χ1n) is 3.10. The van der Waals surface area contributed by atoms with Gasteiger partial charge in [-0.1, -0.05) is 0 Å². The quantitative estimate of drug-likeness (QED) is 0.637. The summed E-state index contributed by atoms with van der Waals surface area (Å²) in [6.07, 6.45) is 3.06. The van der Waals surface area contributed by atoms with Crippen LogP contribution in [0.1, 0.15) is 0 Å². The van der Waals surface area contributed by atoms with Crippen LogP contribution >= 0.6 is 0 Å². The van der Waals surface area contributed by atoms with Gasteiger partial charge in [0.2, 0.25) is 5.88 Å². The molecule has 2 heterocycles. The van der Waals surface area contributed by atoms with Gasteiger partial charge in [-0.3, -0.25) is 5.10 Å². The first-order valence-corrected chi connectivity index (χ1v) is 3.10. The summed E-state index contributed by atoms with van der Waals surface area (Å²) < 4.78 is 4.97. The lowest BCUT2D eigenvalue weighted by Crippen LogP contribution is -1.88. The molecule has 0 amide bonds. The van der Waals surface area contributed by atoms with Crippen LogP contribution in [0.25, 0.3) is 11.0 Å². The zero-order chi connectivity index (χ0) is 7.68. The fourth-order valence-electron chi connectivity index (χ4n) is 0.905. The van der Waals surface area contributed by atoms with Crippen LogP contribution in [0.5, 0.6) is 5.88 Å². The molecule has 0 fully saturated rings. The molecule has 56 valence electrons. The van der Waals surface area contributed by atoms with E-state index < -0.39 is 0 Å². The number of hydrogen-bond donors (Lipinski definition) is 1. The van der Waals surface area contributed by atoms with E-state index in [1.807, 2.05) is 0 Å². The second-order valence-corrected chi connectivity index (χ2v) is 2.02. The minimum absolute atomic E-state index is 0.545. The minimum Gasteiger partial charge on any atom is -0.480 e. The first-order chi connectivity index (χ1) is 5.42. The van der Waals surface area contributed by atoms with E-state index in [4.69, 9.17) is 4.74 Å². The number of H-pyrrole nitrogens is 1. The Bertz CT molecular complexity index is 369. The molecule has 5 heteroatoms. The van der Waals surface area contributed by atoms with Crippen LogP contribution in [0.2, 0.25) is 0 Å². The molecule has 5 nitrogen and oxygen atoms in total. The molecule has 0 saturated heterocycles. The summed E-state index contributed by atoms with van der Waals surface area (Å²) in [4.78, 5) is 7.84. The summed E-state index contributed by atoms with van der Waals surface area (Å²) in [6, 6.07) is 0. The number of nitrogens with zero attached hydrogens (tertiary/aromatic N) is 3. The number of ether oxygens (including phenoxy) is 1. The SMILES string of the molecule is COc1ncnc2[nH]ncc12.